The lowest BCUT2D eigenvalue weighted by Crippen LogP contribution is -2.54. The van der Waals surface area contributed by atoms with Gasteiger partial charge in [-0.3, -0.25) is 13.9 Å². The first-order valence-electron chi connectivity index (χ1n) is 13.0. The predicted molar refractivity (Wildman–Crippen MR) is 153 cm³/mol. The monoisotopic (exact) mass is 569 g/mol. The van der Waals surface area contributed by atoms with Crippen LogP contribution >= 0.6 is 0 Å². The topological polar surface area (TPSA) is 96.0 Å². The fourth-order valence-corrected chi connectivity index (χ4v) is 5.40. The minimum Gasteiger partial charge on any atom is -0.494 e. The molecule has 1 N–H and O–H groups in total. The van der Waals surface area contributed by atoms with Crippen LogP contribution in [0.3, 0.4) is 0 Å². The normalized spacial score (nSPS) is 12.3. The Morgan fingerprint density at radius 3 is 2.10 bits per heavy atom. The lowest BCUT2D eigenvalue weighted by molar-refractivity contribution is -0.140. The molecule has 0 bridgehead atoms. The van der Waals surface area contributed by atoms with Crippen LogP contribution in [0.1, 0.15) is 40.2 Å². The second-order valence-corrected chi connectivity index (χ2v) is 12.2. The summed E-state index contributed by atoms with van der Waals surface area (Å²) in [6.45, 7) is 8.73. The van der Waals surface area contributed by atoms with E-state index >= 15 is 0 Å². The van der Waals surface area contributed by atoms with Crippen molar-refractivity contribution in [2.24, 2.45) is 0 Å². The molecule has 3 aromatic carbocycles. The first kappa shape index (κ1) is 30.6. The Labute approximate surface area is 235 Å². The Morgan fingerprint density at radius 2 is 1.55 bits per heavy atom. The van der Waals surface area contributed by atoms with Crippen LogP contribution in [0.4, 0.5) is 10.1 Å². The first-order valence-corrected chi connectivity index (χ1v) is 14.4. The van der Waals surface area contributed by atoms with Crippen LogP contribution in [0.25, 0.3) is 0 Å². The summed E-state index contributed by atoms with van der Waals surface area (Å²) >= 11 is 0. The molecule has 0 aromatic heterocycles. The van der Waals surface area contributed by atoms with Crippen LogP contribution in [-0.2, 0) is 26.2 Å². The third kappa shape index (κ3) is 8.05. The van der Waals surface area contributed by atoms with E-state index in [0.29, 0.717) is 17.9 Å². The first-order chi connectivity index (χ1) is 18.8. The SMILES string of the molecule is CCOc1ccc(N(CC(=O)N(Cc2ccc(F)cc2)[C@H](C)C(=O)NC(C)(C)C)S(=O)(=O)c2ccccc2)cc1. The van der Waals surface area contributed by atoms with Gasteiger partial charge in [0.05, 0.1) is 17.2 Å². The Bertz CT molecular complexity index is 1390. The van der Waals surface area contributed by atoms with Crippen molar-refractivity contribution in [3.8, 4) is 5.75 Å². The highest BCUT2D eigenvalue weighted by Crippen LogP contribution is 2.26. The van der Waals surface area contributed by atoms with Gasteiger partial charge in [0.1, 0.15) is 24.2 Å². The number of nitrogens with zero attached hydrogens (tertiary/aromatic N) is 2. The Balaban J connectivity index is 2.02. The van der Waals surface area contributed by atoms with Gasteiger partial charge in [-0.2, -0.15) is 0 Å². The number of amides is 2. The predicted octanol–water partition coefficient (Wildman–Crippen LogP) is 4.75. The molecule has 0 saturated carbocycles. The molecule has 2 amide bonds. The second-order valence-electron chi connectivity index (χ2n) is 10.3. The van der Waals surface area contributed by atoms with Crippen LogP contribution < -0.4 is 14.4 Å². The molecule has 214 valence electrons. The number of nitrogens with one attached hydrogen (secondary N) is 1. The number of anilines is 1. The van der Waals surface area contributed by atoms with E-state index in [-0.39, 0.29) is 17.1 Å². The van der Waals surface area contributed by atoms with E-state index in [4.69, 9.17) is 4.74 Å². The van der Waals surface area contributed by atoms with E-state index in [0.717, 1.165) is 4.31 Å². The van der Waals surface area contributed by atoms with Gasteiger partial charge in [-0.25, -0.2) is 12.8 Å². The maximum Gasteiger partial charge on any atom is 0.264 e. The van der Waals surface area contributed by atoms with Crippen molar-refractivity contribution in [1.82, 2.24) is 10.2 Å². The standard InChI is InChI=1S/C30H36FN3O5S/c1-6-39-26-18-16-25(17-19-26)34(40(37,38)27-10-8-7-9-11-27)21-28(35)33(20-23-12-14-24(31)15-13-23)22(2)29(36)32-30(3,4)5/h7-19,22H,6,20-21H2,1-5H3,(H,32,36)/t22-/m1/s1. The molecule has 3 aromatic rings. The molecular weight excluding hydrogens is 533 g/mol. The van der Waals surface area contributed by atoms with E-state index in [1.54, 1.807) is 49.4 Å². The number of rotatable bonds is 11. The van der Waals surface area contributed by atoms with Gasteiger partial charge in [0, 0.05) is 12.1 Å². The smallest absolute Gasteiger partial charge is 0.264 e. The van der Waals surface area contributed by atoms with Gasteiger partial charge in [-0.1, -0.05) is 30.3 Å². The molecule has 0 unspecified atom stereocenters. The number of ether oxygens (including phenoxy) is 1. The Morgan fingerprint density at radius 1 is 0.950 bits per heavy atom. The molecule has 0 aliphatic heterocycles. The minimum atomic E-state index is -4.17. The van der Waals surface area contributed by atoms with Crippen LogP contribution in [0.5, 0.6) is 5.75 Å². The average molecular weight is 570 g/mol. The van der Waals surface area contributed by atoms with E-state index in [1.807, 2.05) is 27.7 Å². The van der Waals surface area contributed by atoms with E-state index in [9.17, 15) is 22.4 Å². The van der Waals surface area contributed by atoms with Crippen molar-refractivity contribution in [1.29, 1.82) is 0 Å². The van der Waals surface area contributed by atoms with Gasteiger partial charge in [-0.05, 0) is 88.7 Å². The zero-order valence-electron chi connectivity index (χ0n) is 23.4. The minimum absolute atomic E-state index is 0.0142. The summed E-state index contributed by atoms with van der Waals surface area (Å²) in [5.74, 6) is -0.883. The number of benzene rings is 3. The zero-order chi connectivity index (χ0) is 29.5. The molecule has 40 heavy (non-hydrogen) atoms. The van der Waals surface area contributed by atoms with Crippen molar-refractivity contribution in [3.05, 3.63) is 90.2 Å². The number of carbonyl (C=O) groups excluding carboxylic acids is 2. The molecule has 0 fully saturated rings. The summed E-state index contributed by atoms with van der Waals surface area (Å²) in [7, 11) is -4.17. The number of hydrogen-bond donors (Lipinski definition) is 1. The summed E-state index contributed by atoms with van der Waals surface area (Å²) in [4.78, 5) is 28.3. The fourth-order valence-electron chi connectivity index (χ4n) is 3.97. The quantitative estimate of drug-likeness (QED) is 0.360. The molecule has 0 heterocycles. The van der Waals surface area contributed by atoms with Gasteiger partial charge >= 0.3 is 0 Å². The molecule has 0 aliphatic rings. The highest BCUT2D eigenvalue weighted by molar-refractivity contribution is 7.92. The summed E-state index contributed by atoms with van der Waals surface area (Å²) in [5, 5.41) is 2.87. The lowest BCUT2D eigenvalue weighted by atomic mass is 10.1. The van der Waals surface area contributed by atoms with E-state index in [1.165, 1.54) is 41.3 Å². The molecular formula is C30H36FN3O5S. The molecule has 0 radical (unpaired) electrons. The number of carbonyl (C=O) groups is 2. The molecule has 0 saturated heterocycles. The van der Waals surface area contributed by atoms with Crippen LogP contribution in [-0.4, -0.2) is 49.9 Å². The van der Waals surface area contributed by atoms with Crippen LogP contribution in [0.2, 0.25) is 0 Å². The van der Waals surface area contributed by atoms with Gasteiger partial charge in [0.25, 0.3) is 10.0 Å². The summed E-state index contributed by atoms with van der Waals surface area (Å²) in [5.41, 5.74) is 0.291. The van der Waals surface area contributed by atoms with Crippen molar-refractivity contribution in [2.45, 2.75) is 57.6 Å². The molecule has 1 atom stereocenters. The number of sulfonamides is 1. The van der Waals surface area contributed by atoms with Gasteiger partial charge in [0.15, 0.2) is 0 Å². The van der Waals surface area contributed by atoms with E-state index in [2.05, 4.69) is 5.32 Å². The molecule has 10 heteroatoms. The van der Waals surface area contributed by atoms with Gasteiger partial charge in [0.2, 0.25) is 11.8 Å². The largest absolute Gasteiger partial charge is 0.494 e. The van der Waals surface area contributed by atoms with Crippen molar-refractivity contribution < 1.29 is 27.1 Å². The van der Waals surface area contributed by atoms with Crippen molar-refractivity contribution in [3.63, 3.8) is 0 Å². The molecule has 3 rings (SSSR count). The fraction of sp³-hybridized carbons (Fsp3) is 0.333. The molecule has 0 aliphatic carbocycles. The number of hydrogen-bond acceptors (Lipinski definition) is 5. The summed E-state index contributed by atoms with van der Waals surface area (Å²) in [6.07, 6.45) is 0. The van der Waals surface area contributed by atoms with Gasteiger partial charge in [-0.15, -0.1) is 0 Å². The summed E-state index contributed by atoms with van der Waals surface area (Å²) in [6, 6.07) is 18.8. The highest BCUT2D eigenvalue weighted by Gasteiger charge is 2.33. The second kappa shape index (κ2) is 13.0. The third-order valence-electron chi connectivity index (χ3n) is 5.98. The Hall–Kier alpha value is -3.92. The molecule has 8 nitrogen and oxygen atoms in total. The number of halogens is 1. The van der Waals surface area contributed by atoms with Gasteiger partial charge < -0.3 is 15.0 Å². The van der Waals surface area contributed by atoms with E-state index < -0.39 is 45.8 Å². The van der Waals surface area contributed by atoms with Crippen molar-refractivity contribution >= 4 is 27.5 Å². The zero-order valence-corrected chi connectivity index (χ0v) is 24.2. The maximum atomic E-state index is 13.9. The lowest BCUT2D eigenvalue weighted by Gasteiger charge is -2.33. The maximum absolute atomic E-state index is 13.9. The summed E-state index contributed by atoms with van der Waals surface area (Å²) < 4.78 is 47.6. The van der Waals surface area contributed by atoms with Crippen LogP contribution in [0, 0.1) is 5.82 Å². The van der Waals surface area contributed by atoms with Crippen molar-refractivity contribution in [2.75, 3.05) is 17.5 Å². The Kier molecular flexibility index (Phi) is 9.92. The van der Waals surface area contributed by atoms with Crippen LogP contribution in [0.15, 0.2) is 83.8 Å². The highest BCUT2D eigenvalue weighted by atomic mass is 32.2. The molecule has 0 spiro atoms. The average Bonchev–Trinajstić information content (AvgIpc) is 2.91. The third-order valence-corrected chi connectivity index (χ3v) is 7.77.